The van der Waals surface area contributed by atoms with Crippen LogP contribution in [0.3, 0.4) is 0 Å². The minimum Gasteiger partial charge on any atom is -0.352 e. The Balaban J connectivity index is 2.43. The number of benzene rings is 1. The van der Waals surface area contributed by atoms with E-state index in [0.29, 0.717) is 17.8 Å². The number of carbonyl (C=O) groups excluding carboxylic acids is 2. The summed E-state index contributed by atoms with van der Waals surface area (Å²) in [4.78, 5) is 25.4. The number of hydrogen-bond donors (Lipinski definition) is 2. The Morgan fingerprint density at radius 1 is 1.19 bits per heavy atom. The van der Waals surface area contributed by atoms with Crippen LogP contribution in [0.5, 0.6) is 0 Å². The summed E-state index contributed by atoms with van der Waals surface area (Å²) in [5.41, 5.74) is 1.20. The van der Waals surface area contributed by atoms with E-state index < -0.39 is 0 Å². The standard InChI is InChI=1S/C16H25N3O2/c1-4-19(5-2)11-7-10-17-16(21)14-8-6-9-15(12-14)18-13(3)20/h6,8-9,12H,4-5,7,10-11H2,1-3H3,(H,17,21)(H,18,20). The molecule has 0 aliphatic rings. The van der Waals surface area contributed by atoms with Crippen LogP contribution in [0.1, 0.15) is 37.6 Å². The summed E-state index contributed by atoms with van der Waals surface area (Å²) in [6, 6.07) is 6.95. The largest absolute Gasteiger partial charge is 0.352 e. The highest BCUT2D eigenvalue weighted by atomic mass is 16.2. The minimum absolute atomic E-state index is 0.109. The summed E-state index contributed by atoms with van der Waals surface area (Å²) < 4.78 is 0. The van der Waals surface area contributed by atoms with Crippen LogP contribution < -0.4 is 10.6 Å². The van der Waals surface area contributed by atoms with Gasteiger partial charge in [-0.1, -0.05) is 19.9 Å². The van der Waals surface area contributed by atoms with Gasteiger partial charge in [0.1, 0.15) is 0 Å². The Kier molecular flexibility index (Phi) is 7.46. The van der Waals surface area contributed by atoms with E-state index in [2.05, 4.69) is 29.4 Å². The predicted octanol–water partition coefficient (Wildman–Crippen LogP) is 2.11. The fraction of sp³-hybridized carbons (Fsp3) is 0.500. The van der Waals surface area contributed by atoms with E-state index in [4.69, 9.17) is 0 Å². The Hall–Kier alpha value is -1.88. The summed E-state index contributed by atoms with van der Waals surface area (Å²) in [7, 11) is 0. The van der Waals surface area contributed by atoms with Gasteiger partial charge in [-0.05, 0) is 44.3 Å². The highest BCUT2D eigenvalue weighted by Crippen LogP contribution is 2.10. The SMILES string of the molecule is CCN(CC)CCCNC(=O)c1cccc(NC(C)=O)c1. The lowest BCUT2D eigenvalue weighted by Crippen LogP contribution is -2.29. The monoisotopic (exact) mass is 291 g/mol. The van der Waals surface area contributed by atoms with Crippen molar-refractivity contribution in [3.63, 3.8) is 0 Å². The maximum atomic E-state index is 12.0. The van der Waals surface area contributed by atoms with Crippen molar-refractivity contribution in [2.75, 3.05) is 31.5 Å². The number of hydrogen-bond acceptors (Lipinski definition) is 3. The van der Waals surface area contributed by atoms with E-state index in [-0.39, 0.29) is 11.8 Å². The molecule has 0 aliphatic heterocycles. The molecular formula is C16H25N3O2. The van der Waals surface area contributed by atoms with Crippen LogP contribution in [-0.4, -0.2) is 42.9 Å². The van der Waals surface area contributed by atoms with Crippen molar-refractivity contribution in [1.29, 1.82) is 0 Å². The first-order valence-corrected chi connectivity index (χ1v) is 7.45. The van der Waals surface area contributed by atoms with Gasteiger partial charge < -0.3 is 15.5 Å². The number of carbonyl (C=O) groups is 2. The lowest BCUT2D eigenvalue weighted by molar-refractivity contribution is -0.114. The van der Waals surface area contributed by atoms with Gasteiger partial charge in [-0.25, -0.2) is 0 Å². The van der Waals surface area contributed by atoms with Gasteiger partial charge in [0.2, 0.25) is 5.91 Å². The van der Waals surface area contributed by atoms with Gasteiger partial charge >= 0.3 is 0 Å². The molecule has 0 atom stereocenters. The average molecular weight is 291 g/mol. The molecule has 0 heterocycles. The van der Waals surface area contributed by atoms with Crippen molar-refractivity contribution in [3.8, 4) is 0 Å². The Morgan fingerprint density at radius 2 is 1.90 bits per heavy atom. The molecule has 2 amide bonds. The topological polar surface area (TPSA) is 61.4 Å². The molecular weight excluding hydrogens is 266 g/mol. The van der Waals surface area contributed by atoms with Crippen LogP contribution in [0, 0.1) is 0 Å². The summed E-state index contributed by atoms with van der Waals surface area (Å²) in [5, 5.41) is 5.58. The highest BCUT2D eigenvalue weighted by molar-refractivity contribution is 5.96. The molecule has 1 aromatic rings. The van der Waals surface area contributed by atoms with Crippen LogP contribution in [0.2, 0.25) is 0 Å². The van der Waals surface area contributed by atoms with Crippen molar-refractivity contribution < 1.29 is 9.59 Å². The molecule has 0 unspecified atom stereocenters. The second-order valence-corrected chi connectivity index (χ2v) is 4.90. The first kappa shape index (κ1) is 17.2. The molecule has 2 N–H and O–H groups in total. The molecule has 0 bridgehead atoms. The third kappa shape index (κ3) is 6.40. The zero-order valence-electron chi connectivity index (χ0n) is 13.1. The van der Waals surface area contributed by atoms with Gasteiger partial charge in [0.25, 0.3) is 5.91 Å². The number of nitrogens with one attached hydrogen (secondary N) is 2. The zero-order chi connectivity index (χ0) is 15.7. The fourth-order valence-electron chi connectivity index (χ4n) is 2.09. The minimum atomic E-state index is -0.146. The molecule has 116 valence electrons. The van der Waals surface area contributed by atoms with Crippen LogP contribution >= 0.6 is 0 Å². The molecule has 5 nitrogen and oxygen atoms in total. The highest BCUT2D eigenvalue weighted by Gasteiger charge is 2.06. The predicted molar refractivity (Wildman–Crippen MR) is 85.5 cm³/mol. The third-order valence-electron chi connectivity index (χ3n) is 3.28. The van der Waals surface area contributed by atoms with Crippen LogP contribution in [0.4, 0.5) is 5.69 Å². The van der Waals surface area contributed by atoms with E-state index in [9.17, 15) is 9.59 Å². The van der Waals surface area contributed by atoms with Gasteiger partial charge in [-0.15, -0.1) is 0 Å². The number of nitrogens with zero attached hydrogens (tertiary/aromatic N) is 1. The second kappa shape index (κ2) is 9.13. The molecule has 1 aromatic carbocycles. The first-order chi connectivity index (χ1) is 10.1. The van der Waals surface area contributed by atoms with E-state index in [1.807, 2.05) is 0 Å². The summed E-state index contributed by atoms with van der Waals surface area (Å²) in [6.45, 7) is 9.41. The Bertz CT molecular complexity index is 470. The molecule has 1 rings (SSSR count). The molecule has 0 fully saturated rings. The number of amides is 2. The van der Waals surface area contributed by atoms with E-state index in [1.165, 1.54) is 6.92 Å². The van der Waals surface area contributed by atoms with Crippen LogP contribution in [0.15, 0.2) is 24.3 Å². The van der Waals surface area contributed by atoms with Crippen molar-refractivity contribution in [1.82, 2.24) is 10.2 Å². The third-order valence-corrected chi connectivity index (χ3v) is 3.28. The van der Waals surface area contributed by atoms with Gasteiger partial charge in [0.15, 0.2) is 0 Å². The Morgan fingerprint density at radius 3 is 2.52 bits per heavy atom. The maximum absolute atomic E-state index is 12.0. The van der Waals surface area contributed by atoms with Crippen molar-refractivity contribution in [2.24, 2.45) is 0 Å². The van der Waals surface area contributed by atoms with E-state index in [0.717, 1.165) is 26.1 Å². The molecule has 0 aliphatic carbocycles. The molecule has 5 heteroatoms. The van der Waals surface area contributed by atoms with Gasteiger partial charge in [0.05, 0.1) is 0 Å². The Labute approximate surface area is 126 Å². The number of rotatable bonds is 8. The van der Waals surface area contributed by atoms with Crippen molar-refractivity contribution >= 4 is 17.5 Å². The molecule has 0 saturated carbocycles. The van der Waals surface area contributed by atoms with Crippen molar-refractivity contribution in [2.45, 2.75) is 27.2 Å². The molecule has 0 spiro atoms. The fourth-order valence-corrected chi connectivity index (χ4v) is 2.09. The molecule has 0 radical (unpaired) electrons. The van der Waals surface area contributed by atoms with E-state index >= 15 is 0 Å². The van der Waals surface area contributed by atoms with Crippen molar-refractivity contribution in [3.05, 3.63) is 29.8 Å². The first-order valence-electron chi connectivity index (χ1n) is 7.45. The molecule has 0 saturated heterocycles. The lowest BCUT2D eigenvalue weighted by Gasteiger charge is -2.17. The molecule has 0 aromatic heterocycles. The van der Waals surface area contributed by atoms with Crippen LogP contribution in [0.25, 0.3) is 0 Å². The smallest absolute Gasteiger partial charge is 0.251 e. The van der Waals surface area contributed by atoms with Crippen LogP contribution in [-0.2, 0) is 4.79 Å². The zero-order valence-corrected chi connectivity index (χ0v) is 13.1. The summed E-state index contributed by atoms with van der Waals surface area (Å²) >= 11 is 0. The summed E-state index contributed by atoms with van der Waals surface area (Å²) in [5.74, 6) is -0.256. The van der Waals surface area contributed by atoms with Gasteiger partial charge in [0, 0.05) is 24.7 Å². The average Bonchev–Trinajstić information content (AvgIpc) is 2.47. The van der Waals surface area contributed by atoms with Gasteiger partial charge in [-0.3, -0.25) is 9.59 Å². The van der Waals surface area contributed by atoms with Gasteiger partial charge in [-0.2, -0.15) is 0 Å². The normalized spacial score (nSPS) is 10.5. The van der Waals surface area contributed by atoms with E-state index in [1.54, 1.807) is 24.3 Å². The lowest BCUT2D eigenvalue weighted by atomic mass is 10.2. The quantitative estimate of drug-likeness (QED) is 0.721. The maximum Gasteiger partial charge on any atom is 0.251 e. The second-order valence-electron chi connectivity index (χ2n) is 4.90. The number of anilines is 1. The summed E-state index contributed by atoms with van der Waals surface area (Å²) in [6.07, 6.45) is 0.929. The molecule has 21 heavy (non-hydrogen) atoms.